The van der Waals surface area contributed by atoms with E-state index in [9.17, 15) is 4.79 Å². The van der Waals surface area contributed by atoms with Gasteiger partial charge in [0.1, 0.15) is 0 Å². The highest BCUT2D eigenvalue weighted by atomic mass is 16.1. The van der Waals surface area contributed by atoms with E-state index in [0.717, 1.165) is 32.6 Å². The smallest absolute Gasteiger partial charge is 0.224 e. The molecule has 72 valence electrons. The topological polar surface area (TPSA) is 32.3 Å². The number of nitrogens with one attached hydrogen (secondary N) is 1. The molecule has 1 amide bonds. The fraction of sp³-hybridized carbons (Fsp3) is 0.889. The molecule has 1 unspecified atom stereocenters. The third-order valence-electron chi connectivity index (χ3n) is 2.44. The highest BCUT2D eigenvalue weighted by Gasteiger charge is 2.26. The van der Waals surface area contributed by atoms with Crippen LogP contribution in [0.4, 0.5) is 0 Å². The highest BCUT2D eigenvalue weighted by molar-refractivity contribution is 5.79. The third-order valence-corrected chi connectivity index (χ3v) is 2.44. The summed E-state index contributed by atoms with van der Waals surface area (Å²) < 4.78 is 0. The summed E-state index contributed by atoms with van der Waals surface area (Å²) >= 11 is 0. The van der Waals surface area contributed by atoms with E-state index in [4.69, 9.17) is 0 Å². The van der Waals surface area contributed by atoms with Crippen molar-refractivity contribution in [1.29, 1.82) is 0 Å². The van der Waals surface area contributed by atoms with Crippen LogP contribution in [0.2, 0.25) is 0 Å². The number of amides is 1. The molecule has 0 bridgehead atoms. The molecule has 0 aromatic rings. The summed E-state index contributed by atoms with van der Waals surface area (Å²) in [4.78, 5) is 13.7. The minimum atomic E-state index is 0. The van der Waals surface area contributed by atoms with Gasteiger partial charge < -0.3 is 10.2 Å². The predicted molar refractivity (Wildman–Crippen MR) is 51.0 cm³/mol. The maximum atomic E-state index is 11.4. The molecule has 1 saturated heterocycles. The molecule has 0 aromatic carbocycles. The minimum absolute atomic E-state index is 0. The fourth-order valence-electron chi connectivity index (χ4n) is 1.65. The van der Waals surface area contributed by atoms with Gasteiger partial charge in [-0.1, -0.05) is 6.92 Å². The highest BCUT2D eigenvalue weighted by Crippen LogP contribution is 2.15. The van der Waals surface area contributed by atoms with E-state index in [1.807, 2.05) is 6.92 Å². The molecule has 1 fully saturated rings. The number of likely N-dealkylation sites (tertiary alicyclic amines) is 1. The molecule has 1 rings (SSSR count). The SMILES string of the molecule is CCNC(=O)C1CCN(CC)C1.[HH]. The van der Waals surface area contributed by atoms with E-state index < -0.39 is 0 Å². The van der Waals surface area contributed by atoms with Crippen molar-refractivity contribution in [2.24, 2.45) is 5.92 Å². The molecule has 3 heteroatoms. The Bertz CT molecular complexity index is 164. The fourth-order valence-corrected chi connectivity index (χ4v) is 1.65. The van der Waals surface area contributed by atoms with Crippen LogP contribution in [0.1, 0.15) is 21.7 Å². The molecule has 12 heavy (non-hydrogen) atoms. The zero-order chi connectivity index (χ0) is 8.97. The molecular formula is C9H20N2O. The van der Waals surface area contributed by atoms with E-state index in [1.165, 1.54) is 0 Å². The molecule has 0 aromatic heterocycles. The molecule has 1 aliphatic heterocycles. The second kappa shape index (κ2) is 4.45. The van der Waals surface area contributed by atoms with Crippen molar-refractivity contribution >= 4 is 5.91 Å². The lowest BCUT2D eigenvalue weighted by molar-refractivity contribution is -0.124. The molecule has 0 radical (unpaired) electrons. The van der Waals surface area contributed by atoms with Crippen LogP contribution < -0.4 is 5.32 Å². The Morgan fingerprint density at radius 1 is 1.67 bits per heavy atom. The summed E-state index contributed by atoms with van der Waals surface area (Å²) in [7, 11) is 0. The maximum absolute atomic E-state index is 11.4. The minimum Gasteiger partial charge on any atom is -0.356 e. The number of nitrogens with zero attached hydrogens (tertiary/aromatic N) is 1. The Morgan fingerprint density at radius 2 is 2.42 bits per heavy atom. The van der Waals surface area contributed by atoms with Gasteiger partial charge in [0.05, 0.1) is 5.92 Å². The van der Waals surface area contributed by atoms with Gasteiger partial charge in [0, 0.05) is 14.5 Å². The van der Waals surface area contributed by atoms with Crippen LogP contribution in [0.3, 0.4) is 0 Å². The maximum Gasteiger partial charge on any atom is 0.224 e. The number of rotatable bonds is 3. The van der Waals surface area contributed by atoms with Gasteiger partial charge >= 0.3 is 0 Å². The third kappa shape index (κ3) is 2.21. The van der Waals surface area contributed by atoms with Gasteiger partial charge in [0.25, 0.3) is 0 Å². The summed E-state index contributed by atoms with van der Waals surface area (Å²) in [6.07, 6.45) is 1.03. The summed E-state index contributed by atoms with van der Waals surface area (Å²) in [5, 5.41) is 2.87. The standard InChI is InChI=1S/C9H18N2O.H2/c1-3-10-9(12)8-5-6-11(4-2)7-8;/h8H,3-7H2,1-2H3,(H,10,12);1H. The lowest BCUT2D eigenvalue weighted by atomic mass is 10.1. The molecule has 1 atom stereocenters. The van der Waals surface area contributed by atoms with Crippen LogP contribution in [0.25, 0.3) is 0 Å². The van der Waals surface area contributed by atoms with Crippen molar-refractivity contribution in [2.75, 3.05) is 26.2 Å². The van der Waals surface area contributed by atoms with E-state index in [0.29, 0.717) is 0 Å². The summed E-state index contributed by atoms with van der Waals surface area (Å²) in [6.45, 7) is 7.95. The zero-order valence-corrected chi connectivity index (χ0v) is 7.97. The van der Waals surface area contributed by atoms with Gasteiger partial charge in [0.15, 0.2) is 0 Å². The largest absolute Gasteiger partial charge is 0.356 e. The first-order chi connectivity index (χ1) is 5.77. The summed E-state index contributed by atoms with van der Waals surface area (Å²) in [5.74, 6) is 0.471. The van der Waals surface area contributed by atoms with Gasteiger partial charge in [-0.25, -0.2) is 0 Å². The van der Waals surface area contributed by atoms with E-state index in [-0.39, 0.29) is 13.3 Å². The van der Waals surface area contributed by atoms with Gasteiger partial charge in [-0.3, -0.25) is 4.79 Å². The average molecular weight is 172 g/mol. The summed E-state index contributed by atoms with van der Waals surface area (Å²) in [6, 6.07) is 0. The average Bonchev–Trinajstić information content (AvgIpc) is 2.52. The van der Waals surface area contributed by atoms with Crippen molar-refractivity contribution in [3.05, 3.63) is 0 Å². The lowest BCUT2D eigenvalue weighted by Crippen LogP contribution is -2.32. The molecule has 0 spiro atoms. The Kier molecular flexibility index (Phi) is 3.53. The first-order valence-electron chi connectivity index (χ1n) is 4.78. The van der Waals surface area contributed by atoms with E-state index in [2.05, 4.69) is 17.1 Å². The van der Waals surface area contributed by atoms with E-state index >= 15 is 0 Å². The first-order valence-corrected chi connectivity index (χ1v) is 4.78. The molecule has 1 heterocycles. The molecular weight excluding hydrogens is 152 g/mol. The second-order valence-electron chi connectivity index (χ2n) is 3.27. The molecule has 3 nitrogen and oxygen atoms in total. The van der Waals surface area contributed by atoms with Crippen molar-refractivity contribution in [3.63, 3.8) is 0 Å². The molecule has 0 aliphatic carbocycles. The Balaban J connectivity index is 0.00000144. The normalized spacial score (nSPS) is 24.3. The lowest BCUT2D eigenvalue weighted by Gasteiger charge is -2.12. The van der Waals surface area contributed by atoms with Gasteiger partial charge in [-0.2, -0.15) is 0 Å². The quantitative estimate of drug-likeness (QED) is 0.680. The first kappa shape index (κ1) is 9.52. The van der Waals surface area contributed by atoms with Crippen molar-refractivity contribution in [2.45, 2.75) is 20.3 Å². The van der Waals surface area contributed by atoms with Crippen molar-refractivity contribution in [3.8, 4) is 0 Å². The number of carbonyl (C=O) groups is 1. The van der Waals surface area contributed by atoms with Gasteiger partial charge in [-0.05, 0) is 26.4 Å². The zero-order valence-electron chi connectivity index (χ0n) is 7.97. The monoisotopic (exact) mass is 172 g/mol. The predicted octanol–water partition coefficient (Wildman–Crippen LogP) is 0.710. The van der Waals surface area contributed by atoms with E-state index in [1.54, 1.807) is 0 Å². The number of hydrogen-bond donors (Lipinski definition) is 1. The van der Waals surface area contributed by atoms with Crippen LogP contribution in [0, 0.1) is 5.92 Å². The van der Waals surface area contributed by atoms with Crippen LogP contribution >= 0.6 is 0 Å². The number of hydrogen-bond acceptors (Lipinski definition) is 2. The Morgan fingerprint density at radius 3 is 2.92 bits per heavy atom. The van der Waals surface area contributed by atoms with Crippen LogP contribution in [0.15, 0.2) is 0 Å². The second-order valence-corrected chi connectivity index (χ2v) is 3.27. The summed E-state index contributed by atoms with van der Waals surface area (Å²) in [5.41, 5.74) is 0. The van der Waals surface area contributed by atoms with Crippen LogP contribution in [-0.2, 0) is 4.79 Å². The van der Waals surface area contributed by atoms with Crippen molar-refractivity contribution in [1.82, 2.24) is 10.2 Å². The molecule has 1 N–H and O–H groups in total. The molecule has 0 saturated carbocycles. The van der Waals surface area contributed by atoms with Crippen LogP contribution in [-0.4, -0.2) is 37.0 Å². The Labute approximate surface area is 75.6 Å². The van der Waals surface area contributed by atoms with Gasteiger partial charge in [-0.15, -0.1) is 0 Å². The van der Waals surface area contributed by atoms with Gasteiger partial charge in [0.2, 0.25) is 5.91 Å². The Hall–Kier alpha value is -0.570. The molecule has 1 aliphatic rings. The van der Waals surface area contributed by atoms with Crippen LogP contribution in [0.5, 0.6) is 0 Å². The van der Waals surface area contributed by atoms with Crippen molar-refractivity contribution < 1.29 is 6.22 Å². The number of carbonyl (C=O) groups excluding carboxylic acids is 1.